The quantitative estimate of drug-likeness (QED) is 0.628. The van der Waals surface area contributed by atoms with E-state index >= 15 is 0 Å². The summed E-state index contributed by atoms with van der Waals surface area (Å²) in [5.41, 5.74) is 5.61. The fraction of sp³-hybridized carbons (Fsp3) is 1.00. The molecular formula is C12H28N2O3S. The Balaban J connectivity index is 4.24. The Bertz CT molecular complexity index is 303. The van der Waals surface area contributed by atoms with Crippen molar-refractivity contribution < 1.29 is 13.2 Å². The monoisotopic (exact) mass is 280 g/mol. The van der Waals surface area contributed by atoms with E-state index in [0.29, 0.717) is 13.1 Å². The second kappa shape index (κ2) is 8.09. The van der Waals surface area contributed by atoms with Gasteiger partial charge in [-0.15, -0.1) is 0 Å². The van der Waals surface area contributed by atoms with Crippen LogP contribution in [0.1, 0.15) is 40.5 Å². The predicted octanol–water partition coefficient (Wildman–Crippen LogP) is 1.10. The normalized spacial score (nSPS) is 13.2. The van der Waals surface area contributed by atoms with Crippen LogP contribution < -0.4 is 10.5 Å². The minimum atomic E-state index is -3.27. The molecule has 0 aliphatic carbocycles. The van der Waals surface area contributed by atoms with Crippen LogP contribution in [0.3, 0.4) is 0 Å². The maximum Gasteiger partial charge on any atom is 0.213 e. The summed E-state index contributed by atoms with van der Waals surface area (Å²) >= 11 is 0. The molecule has 0 aromatic carbocycles. The molecule has 0 aromatic rings. The van der Waals surface area contributed by atoms with Gasteiger partial charge in [-0.3, -0.25) is 0 Å². The molecule has 0 atom stereocenters. The molecule has 6 heteroatoms. The largest absolute Gasteiger partial charge is 0.378 e. The summed E-state index contributed by atoms with van der Waals surface area (Å²) in [5.74, 6) is -0.000734. The van der Waals surface area contributed by atoms with Crippen molar-refractivity contribution in [1.82, 2.24) is 4.72 Å². The molecule has 0 aromatic heterocycles. The van der Waals surface area contributed by atoms with Gasteiger partial charge in [0.15, 0.2) is 0 Å². The van der Waals surface area contributed by atoms with Crippen LogP contribution >= 0.6 is 0 Å². The predicted molar refractivity (Wildman–Crippen MR) is 74.9 cm³/mol. The third-order valence-corrected chi connectivity index (χ3v) is 4.69. The van der Waals surface area contributed by atoms with Gasteiger partial charge in [0.05, 0.1) is 18.5 Å². The summed E-state index contributed by atoms with van der Waals surface area (Å²) in [4.78, 5) is 0. The van der Waals surface area contributed by atoms with Crippen LogP contribution in [0, 0.1) is 5.41 Å². The van der Waals surface area contributed by atoms with Crippen molar-refractivity contribution >= 4 is 10.0 Å². The Morgan fingerprint density at radius 2 is 1.83 bits per heavy atom. The zero-order chi connectivity index (χ0) is 14.2. The molecule has 0 saturated heterocycles. The summed E-state index contributed by atoms with van der Waals surface area (Å²) in [6, 6.07) is 0. The van der Waals surface area contributed by atoms with E-state index in [4.69, 9.17) is 10.5 Å². The lowest BCUT2D eigenvalue weighted by Gasteiger charge is -2.30. The fourth-order valence-electron chi connectivity index (χ4n) is 1.59. The SMILES string of the molecule is CCC(CC)(CN)CNS(=O)(=O)CCOC(C)C. The number of hydrogen-bond acceptors (Lipinski definition) is 4. The number of sulfonamides is 1. The van der Waals surface area contributed by atoms with E-state index in [1.807, 2.05) is 27.7 Å². The first-order chi connectivity index (χ1) is 8.31. The number of hydrogen-bond donors (Lipinski definition) is 2. The lowest BCUT2D eigenvalue weighted by molar-refractivity contribution is 0.0911. The molecule has 0 saturated carbocycles. The molecule has 0 aliphatic heterocycles. The Morgan fingerprint density at radius 3 is 2.22 bits per heavy atom. The van der Waals surface area contributed by atoms with Crippen LogP contribution in [0.25, 0.3) is 0 Å². The topological polar surface area (TPSA) is 81.4 Å². The zero-order valence-electron chi connectivity index (χ0n) is 12.0. The zero-order valence-corrected chi connectivity index (χ0v) is 12.8. The molecule has 0 rings (SSSR count). The van der Waals surface area contributed by atoms with Gasteiger partial charge < -0.3 is 10.5 Å². The molecule has 18 heavy (non-hydrogen) atoms. The van der Waals surface area contributed by atoms with E-state index in [2.05, 4.69) is 4.72 Å². The van der Waals surface area contributed by atoms with Crippen LogP contribution in [0.4, 0.5) is 0 Å². The molecular weight excluding hydrogens is 252 g/mol. The van der Waals surface area contributed by atoms with Gasteiger partial charge in [0, 0.05) is 6.54 Å². The third kappa shape index (κ3) is 6.68. The third-order valence-electron chi connectivity index (χ3n) is 3.40. The van der Waals surface area contributed by atoms with Crippen molar-refractivity contribution in [2.45, 2.75) is 46.6 Å². The number of ether oxygens (including phenoxy) is 1. The van der Waals surface area contributed by atoms with E-state index in [9.17, 15) is 8.42 Å². The lowest BCUT2D eigenvalue weighted by Crippen LogP contribution is -2.42. The van der Waals surface area contributed by atoms with Crippen LogP contribution in [-0.4, -0.2) is 40.0 Å². The minimum Gasteiger partial charge on any atom is -0.378 e. The Hall–Kier alpha value is -0.170. The van der Waals surface area contributed by atoms with Crippen LogP contribution in [0.15, 0.2) is 0 Å². The summed E-state index contributed by atoms with van der Waals surface area (Å²) in [7, 11) is -3.27. The number of nitrogens with two attached hydrogens (primary N) is 1. The van der Waals surface area contributed by atoms with Gasteiger partial charge in [-0.1, -0.05) is 13.8 Å². The smallest absolute Gasteiger partial charge is 0.213 e. The Morgan fingerprint density at radius 1 is 1.28 bits per heavy atom. The number of rotatable bonds is 10. The average molecular weight is 280 g/mol. The van der Waals surface area contributed by atoms with Gasteiger partial charge in [-0.05, 0) is 38.6 Å². The van der Waals surface area contributed by atoms with Crippen LogP contribution in [0.5, 0.6) is 0 Å². The second-order valence-electron chi connectivity index (χ2n) is 4.97. The number of nitrogens with one attached hydrogen (secondary N) is 1. The maximum absolute atomic E-state index is 11.8. The van der Waals surface area contributed by atoms with E-state index in [0.717, 1.165) is 12.8 Å². The van der Waals surface area contributed by atoms with E-state index in [1.54, 1.807) is 0 Å². The summed E-state index contributed by atoms with van der Waals surface area (Å²) in [5, 5.41) is 0. The maximum atomic E-state index is 11.8. The van der Waals surface area contributed by atoms with Crippen molar-refractivity contribution in [3.05, 3.63) is 0 Å². The molecule has 0 fully saturated rings. The molecule has 0 heterocycles. The van der Waals surface area contributed by atoms with E-state index in [1.165, 1.54) is 0 Å². The van der Waals surface area contributed by atoms with Gasteiger partial charge in [0.25, 0.3) is 0 Å². The van der Waals surface area contributed by atoms with Crippen LogP contribution in [0.2, 0.25) is 0 Å². The van der Waals surface area contributed by atoms with E-state index in [-0.39, 0.29) is 23.9 Å². The van der Waals surface area contributed by atoms with Gasteiger partial charge >= 0.3 is 0 Å². The highest BCUT2D eigenvalue weighted by Crippen LogP contribution is 2.23. The van der Waals surface area contributed by atoms with Gasteiger partial charge in [-0.25, -0.2) is 13.1 Å². The fourth-order valence-corrected chi connectivity index (χ4v) is 2.58. The first-order valence-electron chi connectivity index (χ1n) is 6.60. The molecule has 5 nitrogen and oxygen atoms in total. The molecule has 0 spiro atoms. The first kappa shape index (κ1) is 17.8. The van der Waals surface area contributed by atoms with Crippen molar-refractivity contribution in [2.24, 2.45) is 11.1 Å². The molecule has 3 N–H and O–H groups in total. The van der Waals surface area contributed by atoms with Gasteiger partial charge in [0.1, 0.15) is 0 Å². The molecule has 0 amide bonds. The molecule has 0 unspecified atom stereocenters. The van der Waals surface area contributed by atoms with Crippen molar-refractivity contribution in [3.63, 3.8) is 0 Å². The molecule has 0 bridgehead atoms. The highest BCUT2D eigenvalue weighted by atomic mass is 32.2. The summed E-state index contributed by atoms with van der Waals surface area (Å²) in [6.45, 7) is 8.95. The minimum absolute atomic E-state index is 0.000734. The highest BCUT2D eigenvalue weighted by Gasteiger charge is 2.26. The van der Waals surface area contributed by atoms with E-state index < -0.39 is 10.0 Å². The lowest BCUT2D eigenvalue weighted by atomic mass is 9.83. The summed E-state index contributed by atoms with van der Waals surface area (Å²) < 4.78 is 31.4. The second-order valence-corrected chi connectivity index (χ2v) is 6.90. The van der Waals surface area contributed by atoms with Crippen molar-refractivity contribution in [3.8, 4) is 0 Å². The Kier molecular flexibility index (Phi) is 8.02. The molecule has 110 valence electrons. The Labute approximate surface area is 112 Å². The van der Waals surface area contributed by atoms with Gasteiger partial charge in [-0.2, -0.15) is 0 Å². The van der Waals surface area contributed by atoms with Crippen LogP contribution in [-0.2, 0) is 14.8 Å². The first-order valence-corrected chi connectivity index (χ1v) is 8.25. The van der Waals surface area contributed by atoms with Crippen molar-refractivity contribution in [2.75, 3.05) is 25.4 Å². The average Bonchev–Trinajstić information content (AvgIpc) is 2.31. The summed E-state index contributed by atoms with van der Waals surface area (Å²) in [6.07, 6.45) is 1.78. The van der Waals surface area contributed by atoms with Crippen molar-refractivity contribution in [1.29, 1.82) is 0 Å². The van der Waals surface area contributed by atoms with Gasteiger partial charge in [0.2, 0.25) is 10.0 Å². The standard InChI is InChI=1S/C12H28N2O3S/c1-5-12(6-2,9-13)10-14-18(15,16)8-7-17-11(3)4/h11,14H,5-10,13H2,1-4H3. The molecule has 0 aliphatic rings. The highest BCUT2D eigenvalue weighted by molar-refractivity contribution is 7.89. The molecule has 0 radical (unpaired) electrons.